The minimum atomic E-state index is -0.719. The molecule has 0 saturated carbocycles. The molecule has 0 radical (unpaired) electrons. The van der Waals surface area contributed by atoms with Crippen molar-refractivity contribution in [1.29, 1.82) is 0 Å². The zero-order chi connectivity index (χ0) is 16.5. The highest BCUT2D eigenvalue weighted by molar-refractivity contribution is 5.92. The summed E-state index contributed by atoms with van der Waals surface area (Å²) in [6.45, 7) is 7.31. The lowest BCUT2D eigenvalue weighted by Crippen LogP contribution is -2.27. The van der Waals surface area contributed by atoms with Crippen molar-refractivity contribution < 1.29 is 19.2 Å². The number of nitrogens with zero attached hydrogens (tertiary/aromatic N) is 3. The van der Waals surface area contributed by atoms with Crippen LogP contribution >= 0.6 is 0 Å². The maximum atomic E-state index is 12.2. The summed E-state index contributed by atoms with van der Waals surface area (Å²) < 4.78 is 11.6. The number of nitro benzene ring substituents is 1. The maximum absolute atomic E-state index is 12.2. The SMILES string of the molecule is CCOc1nn(C(=O)OC(C)(C)C)c2cc([N+](=O)[O-])ccc12. The van der Waals surface area contributed by atoms with Crippen LogP contribution < -0.4 is 4.74 Å². The Kier molecular flexibility index (Phi) is 4.03. The summed E-state index contributed by atoms with van der Waals surface area (Å²) in [5.74, 6) is 0.234. The van der Waals surface area contributed by atoms with Crippen LogP contribution in [0.1, 0.15) is 27.7 Å². The van der Waals surface area contributed by atoms with Crippen molar-refractivity contribution in [1.82, 2.24) is 9.78 Å². The molecule has 0 aliphatic heterocycles. The minimum Gasteiger partial charge on any atom is -0.476 e. The van der Waals surface area contributed by atoms with Gasteiger partial charge in [-0.05, 0) is 33.8 Å². The largest absolute Gasteiger partial charge is 0.476 e. The van der Waals surface area contributed by atoms with Crippen molar-refractivity contribution in [2.45, 2.75) is 33.3 Å². The summed E-state index contributed by atoms with van der Waals surface area (Å²) in [5, 5.41) is 15.5. The maximum Gasteiger partial charge on any atom is 0.435 e. The van der Waals surface area contributed by atoms with Crippen LogP contribution in [0.5, 0.6) is 5.88 Å². The number of non-ortho nitro benzene ring substituents is 1. The van der Waals surface area contributed by atoms with Gasteiger partial charge in [-0.1, -0.05) is 0 Å². The number of benzene rings is 1. The van der Waals surface area contributed by atoms with E-state index in [0.717, 1.165) is 4.68 Å². The van der Waals surface area contributed by atoms with Gasteiger partial charge in [0.1, 0.15) is 5.60 Å². The molecule has 118 valence electrons. The highest BCUT2D eigenvalue weighted by Crippen LogP contribution is 2.29. The average Bonchev–Trinajstić information content (AvgIpc) is 2.75. The van der Waals surface area contributed by atoms with E-state index in [1.54, 1.807) is 27.7 Å². The fourth-order valence-corrected chi connectivity index (χ4v) is 1.88. The molecule has 1 aromatic carbocycles. The van der Waals surface area contributed by atoms with Crippen LogP contribution in [0.25, 0.3) is 10.9 Å². The minimum absolute atomic E-state index is 0.139. The third-order valence-corrected chi connectivity index (χ3v) is 2.69. The van der Waals surface area contributed by atoms with Gasteiger partial charge >= 0.3 is 6.09 Å². The average molecular weight is 307 g/mol. The first kappa shape index (κ1) is 15.7. The lowest BCUT2D eigenvalue weighted by molar-refractivity contribution is -0.384. The van der Waals surface area contributed by atoms with Gasteiger partial charge in [0.05, 0.1) is 22.4 Å². The predicted octanol–water partition coefficient (Wildman–Crippen LogP) is 3.13. The van der Waals surface area contributed by atoms with Gasteiger partial charge in [0.25, 0.3) is 5.69 Å². The molecule has 0 bridgehead atoms. The number of hydrogen-bond acceptors (Lipinski definition) is 6. The topological polar surface area (TPSA) is 96.5 Å². The number of aromatic nitrogens is 2. The number of carbonyl (C=O) groups is 1. The fraction of sp³-hybridized carbons (Fsp3) is 0.429. The summed E-state index contributed by atoms with van der Waals surface area (Å²) in [5.41, 5.74) is -0.575. The number of fused-ring (bicyclic) bond motifs is 1. The fourth-order valence-electron chi connectivity index (χ4n) is 1.88. The van der Waals surface area contributed by atoms with E-state index >= 15 is 0 Å². The summed E-state index contributed by atoms with van der Waals surface area (Å²) >= 11 is 0. The first-order chi connectivity index (χ1) is 10.2. The molecule has 0 amide bonds. The zero-order valence-corrected chi connectivity index (χ0v) is 12.8. The molecule has 1 aromatic heterocycles. The van der Waals surface area contributed by atoms with E-state index in [9.17, 15) is 14.9 Å². The zero-order valence-electron chi connectivity index (χ0n) is 12.8. The van der Waals surface area contributed by atoms with Crippen molar-refractivity contribution in [3.63, 3.8) is 0 Å². The molecule has 0 saturated heterocycles. The van der Waals surface area contributed by atoms with Crippen LogP contribution in [-0.4, -0.2) is 33.0 Å². The molecule has 0 aliphatic rings. The standard InChI is InChI=1S/C14H17N3O5/c1-5-21-12-10-7-6-9(17(19)20)8-11(10)16(15-12)13(18)22-14(2,3)4/h6-8H,5H2,1-4H3. The molecular formula is C14H17N3O5. The predicted molar refractivity (Wildman–Crippen MR) is 79.2 cm³/mol. The lowest BCUT2D eigenvalue weighted by Gasteiger charge is -2.19. The van der Waals surface area contributed by atoms with Crippen LogP contribution in [0.4, 0.5) is 10.5 Å². The molecular weight excluding hydrogens is 290 g/mol. The van der Waals surface area contributed by atoms with E-state index in [-0.39, 0.29) is 17.1 Å². The molecule has 0 spiro atoms. The van der Waals surface area contributed by atoms with E-state index in [4.69, 9.17) is 9.47 Å². The van der Waals surface area contributed by atoms with Gasteiger partial charge in [-0.15, -0.1) is 5.10 Å². The second-order valence-corrected chi connectivity index (χ2v) is 5.59. The molecule has 8 heteroatoms. The first-order valence-corrected chi connectivity index (χ1v) is 6.76. The van der Waals surface area contributed by atoms with Gasteiger partial charge < -0.3 is 9.47 Å². The van der Waals surface area contributed by atoms with Crippen molar-refractivity contribution in [2.24, 2.45) is 0 Å². The molecule has 0 unspecified atom stereocenters. The second-order valence-electron chi connectivity index (χ2n) is 5.59. The van der Waals surface area contributed by atoms with Crippen LogP contribution in [0, 0.1) is 10.1 Å². The Balaban J connectivity index is 2.58. The molecule has 0 aliphatic carbocycles. The van der Waals surface area contributed by atoms with Crippen molar-refractivity contribution in [3.05, 3.63) is 28.3 Å². The Morgan fingerprint density at radius 2 is 2.09 bits per heavy atom. The van der Waals surface area contributed by atoms with Crippen LogP contribution in [0.15, 0.2) is 18.2 Å². The van der Waals surface area contributed by atoms with Crippen molar-refractivity contribution in [3.8, 4) is 5.88 Å². The molecule has 2 rings (SSSR count). The van der Waals surface area contributed by atoms with E-state index in [0.29, 0.717) is 12.0 Å². The van der Waals surface area contributed by atoms with Gasteiger partial charge in [-0.3, -0.25) is 10.1 Å². The van der Waals surface area contributed by atoms with Crippen LogP contribution in [-0.2, 0) is 4.74 Å². The van der Waals surface area contributed by atoms with Crippen LogP contribution in [0.3, 0.4) is 0 Å². The van der Waals surface area contributed by atoms with Gasteiger partial charge in [-0.2, -0.15) is 4.68 Å². The highest BCUT2D eigenvalue weighted by atomic mass is 16.6. The molecule has 0 atom stereocenters. The number of rotatable bonds is 3. The summed E-state index contributed by atoms with van der Waals surface area (Å²) in [7, 11) is 0. The molecule has 1 heterocycles. The van der Waals surface area contributed by atoms with E-state index < -0.39 is 16.6 Å². The van der Waals surface area contributed by atoms with Crippen molar-refractivity contribution in [2.75, 3.05) is 6.61 Å². The lowest BCUT2D eigenvalue weighted by atomic mass is 10.2. The molecule has 22 heavy (non-hydrogen) atoms. The van der Waals surface area contributed by atoms with Crippen molar-refractivity contribution >= 4 is 22.7 Å². The molecule has 2 aromatic rings. The molecule has 8 nitrogen and oxygen atoms in total. The third-order valence-electron chi connectivity index (χ3n) is 2.69. The Bertz CT molecular complexity index is 730. The Hall–Kier alpha value is -2.64. The first-order valence-electron chi connectivity index (χ1n) is 6.76. The molecule has 0 N–H and O–H groups in total. The van der Waals surface area contributed by atoms with Crippen LogP contribution in [0.2, 0.25) is 0 Å². The normalized spacial score (nSPS) is 11.5. The van der Waals surface area contributed by atoms with E-state index in [2.05, 4.69) is 5.10 Å². The van der Waals surface area contributed by atoms with Gasteiger partial charge in [-0.25, -0.2) is 4.79 Å². The molecule has 0 fully saturated rings. The van der Waals surface area contributed by atoms with Gasteiger partial charge in [0.15, 0.2) is 0 Å². The summed E-state index contributed by atoms with van der Waals surface area (Å²) in [6, 6.07) is 4.12. The van der Waals surface area contributed by atoms with Gasteiger partial charge in [0, 0.05) is 12.1 Å². The van der Waals surface area contributed by atoms with Gasteiger partial charge in [0.2, 0.25) is 5.88 Å². The quantitative estimate of drug-likeness (QED) is 0.638. The Morgan fingerprint density at radius 3 is 2.64 bits per heavy atom. The summed E-state index contributed by atoms with van der Waals surface area (Å²) in [6.07, 6.45) is -0.719. The number of hydrogen-bond donors (Lipinski definition) is 0. The Morgan fingerprint density at radius 1 is 1.41 bits per heavy atom. The van der Waals surface area contributed by atoms with E-state index in [1.807, 2.05) is 0 Å². The third kappa shape index (κ3) is 3.16. The summed E-state index contributed by atoms with van der Waals surface area (Å²) in [4.78, 5) is 22.6. The smallest absolute Gasteiger partial charge is 0.435 e. The van der Waals surface area contributed by atoms with E-state index in [1.165, 1.54) is 18.2 Å². The Labute approximate surface area is 126 Å². The number of carbonyl (C=O) groups excluding carboxylic acids is 1. The second kappa shape index (κ2) is 5.63. The highest BCUT2D eigenvalue weighted by Gasteiger charge is 2.24. The number of ether oxygens (including phenoxy) is 2. The monoisotopic (exact) mass is 307 g/mol. The number of nitro groups is 1.